The maximum absolute atomic E-state index is 12.8. The zero-order valence-corrected chi connectivity index (χ0v) is 14.5. The van der Waals surface area contributed by atoms with Crippen LogP contribution in [0.1, 0.15) is 47.7 Å². The third-order valence-electron chi connectivity index (χ3n) is 5.89. The number of rotatable bonds is 4. The van der Waals surface area contributed by atoms with Gasteiger partial charge in [-0.05, 0) is 24.8 Å². The van der Waals surface area contributed by atoms with E-state index >= 15 is 0 Å². The number of hydrogen-bond acceptors (Lipinski definition) is 3. The molecule has 3 heterocycles. The van der Waals surface area contributed by atoms with Crippen molar-refractivity contribution in [3.63, 3.8) is 0 Å². The molecule has 3 amide bonds. The van der Waals surface area contributed by atoms with Crippen LogP contribution in [0.5, 0.6) is 0 Å². The second kappa shape index (κ2) is 6.20. The fourth-order valence-corrected chi connectivity index (χ4v) is 4.06. The van der Waals surface area contributed by atoms with Crippen molar-refractivity contribution < 1.29 is 14.4 Å². The average Bonchev–Trinajstić information content (AvgIpc) is 3.11. The molecule has 1 aliphatic carbocycles. The molecule has 0 bridgehead atoms. The second-order valence-electron chi connectivity index (χ2n) is 7.36. The van der Waals surface area contributed by atoms with Crippen molar-refractivity contribution in [3.8, 4) is 0 Å². The van der Waals surface area contributed by atoms with Crippen LogP contribution in [-0.4, -0.2) is 65.2 Å². The molecule has 25 heavy (non-hydrogen) atoms. The number of H-pyrrole nitrogens is 1. The summed E-state index contributed by atoms with van der Waals surface area (Å²) in [6.45, 7) is 1.57. The first-order valence-electron chi connectivity index (χ1n) is 9.06. The molecule has 4 rings (SSSR count). The summed E-state index contributed by atoms with van der Waals surface area (Å²) in [4.78, 5) is 43.5. The van der Waals surface area contributed by atoms with Gasteiger partial charge in [0.1, 0.15) is 0 Å². The molecule has 1 aromatic rings. The van der Waals surface area contributed by atoms with E-state index in [0.717, 1.165) is 24.1 Å². The van der Waals surface area contributed by atoms with Gasteiger partial charge in [-0.3, -0.25) is 14.4 Å². The van der Waals surface area contributed by atoms with Crippen LogP contribution >= 0.6 is 0 Å². The first-order chi connectivity index (χ1) is 12.1. The van der Waals surface area contributed by atoms with E-state index in [4.69, 9.17) is 0 Å². The van der Waals surface area contributed by atoms with Gasteiger partial charge in [-0.2, -0.15) is 0 Å². The van der Waals surface area contributed by atoms with Crippen molar-refractivity contribution in [3.05, 3.63) is 23.5 Å². The lowest BCUT2D eigenvalue weighted by molar-refractivity contribution is -0.132. The van der Waals surface area contributed by atoms with Crippen LogP contribution in [0, 0.1) is 5.92 Å². The van der Waals surface area contributed by atoms with Crippen LogP contribution in [0.25, 0.3) is 0 Å². The van der Waals surface area contributed by atoms with Crippen molar-refractivity contribution in [1.82, 2.24) is 20.1 Å². The van der Waals surface area contributed by atoms with E-state index in [1.165, 1.54) is 6.42 Å². The highest BCUT2D eigenvalue weighted by Crippen LogP contribution is 2.38. The molecule has 2 saturated heterocycles. The molecule has 2 N–H and O–H groups in total. The van der Waals surface area contributed by atoms with Gasteiger partial charge in [-0.1, -0.05) is 6.42 Å². The number of aromatic nitrogens is 1. The lowest BCUT2D eigenvalue weighted by Gasteiger charge is -2.44. The zero-order valence-electron chi connectivity index (χ0n) is 14.5. The fourth-order valence-electron chi connectivity index (χ4n) is 4.06. The van der Waals surface area contributed by atoms with E-state index in [-0.39, 0.29) is 36.1 Å². The Balaban J connectivity index is 1.36. The molecular weight excluding hydrogens is 320 g/mol. The van der Waals surface area contributed by atoms with Crippen LogP contribution in [-0.2, 0) is 9.59 Å². The minimum atomic E-state index is -0.267. The number of nitrogens with zero attached hydrogens (tertiary/aromatic N) is 2. The summed E-state index contributed by atoms with van der Waals surface area (Å²) < 4.78 is 0. The van der Waals surface area contributed by atoms with Crippen LogP contribution in [0.2, 0.25) is 0 Å². The first-order valence-corrected chi connectivity index (χ1v) is 9.06. The number of carbonyl (C=O) groups excluding carboxylic acids is 3. The molecule has 1 atom stereocenters. The zero-order chi connectivity index (χ0) is 17.6. The number of carbonyl (C=O) groups is 3. The summed E-state index contributed by atoms with van der Waals surface area (Å²) in [7, 11) is 1.59. The van der Waals surface area contributed by atoms with Crippen LogP contribution < -0.4 is 5.32 Å². The first kappa shape index (κ1) is 16.2. The topological polar surface area (TPSA) is 85.5 Å². The number of aromatic amines is 1. The van der Waals surface area contributed by atoms with Crippen LogP contribution in [0.4, 0.5) is 0 Å². The van der Waals surface area contributed by atoms with Gasteiger partial charge >= 0.3 is 0 Å². The van der Waals surface area contributed by atoms with Gasteiger partial charge in [0, 0.05) is 45.0 Å². The highest BCUT2D eigenvalue weighted by Gasteiger charge is 2.43. The van der Waals surface area contributed by atoms with Gasteiger partial charge < -0.3 is 20.1 Å². The van der Waals surface area contributed by atoms with Crippen molar-refractivity contribution in [2.45, 2.75) is 37.6 Å². The van der Waals surface area contributed by atoms with E-state index in [1.54, 1.807) is 16.8 Å². The maximum atomic E-state index is 12.8. The fraction of sp³-hybridized carbons (Fsp3) is 0.611. The van der Waals surface area contributed by atoms with Gasteiger partial charge in [0.15, 0.2) is 0 Å². The molecule has 2 aliphatic heterocycles. The van der Waals surface area contributed by atoms with Crippen molar-refractivity contribution in [1.29, 1.82) is 0 Å². The normalized spacial score (nSPS) is 24.2. The van der Waals surface area contributed by atoms with Gasteiger partial charge in [0.05, 0.1) is 17.5 Å². The summed E-state index contributed by atoms with van der Waals surface area (Å²) in [5, 5.41) is 2.61. The second-order valence-corrected chi connectivity index (χ2v) is 7.36. The summed E-state index contributed by atoms with van der Waals surface area (Å²) in [6, 6.07) is 1.91. The van der Waals surface area contributed by atoms with Crippen molar-refractivity contribution in [2.24, 2.45) is 5.92 Å². The van der Waals surface area contributed by atoms with Crippen LogP contribution in [0.3, 0.4) is 0 Å². The molecule has 1 unspecified atom stereocenters. The Morgan fingerprint density at radius 1 is 1.24 bits per heavy atom. The lowest BCUT2D eigenvalue weighted by atomic mass is 9.81. The molecule has 3 aliphatic rings. The van der Waals surface area contributed by atoms with Crippen molar-refractivity contribution >= 4 is 17.7 Å². The minimum Gasteiger partial charge on any atom is -0.364 e. The molecular formula is C18H24N4O3. The molecule has 0 aromatic carbocycles. The number of amides is 3. The molecule has 3 fully saturated rings. The van der Waals surface area contributed by atoms with Gasteiger partial charge in [-0.25, -0.2) is 0 Å². The Kier molecular flexibility index (Phi) is 4.01. The standard InChI is InChI=1S/C18H24N4O3/c1-19-17(24)12-7-15(23)22(8-12)13-9-21(10-13)18(25)14-5-6-20-16(14)11-3-2-4-11/h5-6,11-13,20H,2-4,7-10H2,1H3,(H,19,24). The van der Waals surface area contributed by atoms with Crippen molar-refractivity contribution in [2.75, 3.05) is 26.7 Å². The van der Waals surface area contributed by atoms with E-state index < -0.39 is 0 Å². The Labute approximate surface area is 146 Å². The van der Waals surface area contributed by atoms with Gasteiger partial charge in [-0.15, -0.1) is 0 Å². The minimum absolute atomic E-state index is 0.0162. The average molecular weight is 344 g/mol. The largest absolute Gasteiger partial charge is 0.364 e. The molecule has 7 heteroatoms. The quantitative estimate of drug-likeness (QED) is 0.843. The molecule has 1 saturated carbocycles. The molecule has 134 valence electrons. The van der Waals surface area contributed by atoms with E-state index in [0.29, 0.717) is 25.6 Å². The Hall–Kier alpha value is -2.31. The number of nitrogens with one attached hydrogen (secondary N) is 2. The third-order valence-corrected chi connectivity index (χ3v) is 5.89. The maximum Gasteiger partial charge on any atom is 0.255 e. The summed E-state index contributed by atoms with van der Waals surface area (Å²) in [5.41, 5.74) is 1.84. The molecule has 1 aromatic heterocycles. The molecule has 0 spiro atoms. The highest BCUT2D eigenvalue weighted by molar-refractivity contribution is 5.96. The smallest absolute Gasteiger partial charge is 0.255 e. The van der Waals surface area contributed by atoms with Gasteiger partial charge in [0.2, 0.25) is 11.8 Å². The van der Waals surface area contributed by atoms with E-state index in [1.807, 2.05) is 12.3 Å². The monoisotopic (exact) mass is 344 g/mol. The Bertz CT molecular complexity index is 703. The summed E-state index contributed by atoms with van der Waals surface area (Å²) in [6.07, 6.45) is 5.63. The van der Waals surface area contributed by atoms with Crippen LogP contribution in [0.15, 0.2) is 12.3 Å². The number of hydrogen-bond donors (Lipinski definition) is 2. The van der Waals surface area contributed by atoms with Gasteiger partial charge in [0.25, 0.3) is 5.91 Å². The SMILES string of the molecule is CNC(=O)C1CC(=O)N(C2CN(C(=O)c3cc[nH]c3C3CCC3)C2)C1. The Morgan fingerprint density at radius 3 is 2.64 bits per heavy atom. The Morgan fingerprint density at radius 2 is 2.00 bits per heavy atom. The summed E-state index contributed by atoms with van der Waals surface area (Å²) >= 11 is 0. The lowest BCUT2D eigenvalue weighted by Crippen LogP contribution is -2.61. The number of likely N-dealkylation sites (tertiary alicyclic amines) is 2. The molecule has 7 nitrogen and oxygen atoms in total. The van der Waals surface area contributed by atoms with E-state index in [9.17, 15) is 14.4 Å². The predicted molar refractivity (Wildman–Crippen MR) is 91.0 cm³/mol. The highest BCUT2D eigenvalue weighted by atomic mass is 16.2. The van der Waals surface area contributed by atoms with E-state index in [2.05, 4.69) is 10.3 Å². The third kappa shape index (κ3) is 2.71. The molecule has 0 radical (unpaired) electrons. The predicted octanol–water partition coefficient (Wildman–Crippen LogP) is 0.701. The summed E-state index contributed by atoms with van der Waals surface area (Å²) in [5.74, 6) is 0.202.